The van der Waals surface area contributed by atoms with Gasteiger partial charge in [-0.25, -0.2) is 4.79 Å². The van der Waals surface area contributed by atoms with E-state index >= 15 is 0 Å². The number of benzene rings is 2. The maximum atomic E-state index is 11.8. The first-order valence-corrected chi connectivity index (χ1v) is 6.86. The fourth-order valence-electron chi connectivity index (χ4n) is 1.60. The first-order chi connectivity index (χ1) is 10.1. The minimum absolute atomic E-state index is 0.0141. The van der Waals surface area contributed by atoms with E-state index in [1.165, 1.54) is 18.2 Å². The number of phenols is 1. The molecule has 0 aliphatic carbocycles. The van der Waals surface area contributed by atoms with E-state index in [1.54, 1.807) is 24.3 Å². The fourth-order valence-corrected chi connectivity index (χ4v) is 1.96. The Bertz CT molecular complexity index is 643. The molecule has 1 N–H and O–H groups in total. The van der Waals surface area contributed by atoms with Crippen LogP contribution in [0.1, 0.15) is 10.4 Å². The van der Waals surface area contributed by atoms with E-state index in [0.717, 1.165) is 0 Å². The second-order valence-electron chi connectivity index (χ2n) is 4.08. The van der Waals surface area contributed by atoms with Gasteiger partial charge in [0.1, 0.15) is 30.3 Å². The van der Waals surface area contributed by atoms with Crippen LogP contribution < -0.4 is 4.74 Å². The number of esters is 1. The largest absolute Gasteiger partial charge is 0.507 e. The lowest BCUT2D eigenvalue weighted by Crippen LogP contribution is -2.12. The highest BCUT2D eigenvalue weighted by atomic mass is 35.5. The van der Waals surface area contributed by atoms with Gasteiger partial charge in [-0.05, 0) is 30.3 Å². The van der Waals surface area contributed by atoms with E-state index < -0.39 is 5.97 Å². The van der Waals surface area contributed by atoms with E-state index in [0.29, 0.717) is 15.8 Å². The van der Waals surface area contributed by atoms with Gasteiger partial charge in [-0.2, -0.15) is 0 Å². The molecule has 0 aromatic heterocycles. The van der Waals surface area contributed by atoms with Crippen molar-refractivity contribution in [2.75, 3.05) is 13.2 Å². The van der Waals surface area contributed by atoms with Crippen LogP contribution >= 0.6 is 23.2 Å². The summed E-state index contributed by atoms with van der Waals surface area (Å²) in [6, 6.07) is 11.1. The van der Waals surface area contributed by atoms with E-state index in [1.807, 2.05) is 0 Å². The smallest absolute Gasteiger partial charge is 0.342 e. The number of aromatic hydroxyl groups is 1. The predicted octanol–water partition coefficient (Wildman–Crippen LogP) is 3.93. The number of para-hydroxylation sites is 1. The number of hydrogen-bond acceptors (Lipinski definition) is 4. The molecule has 0 radical (unpaired) electrons. The van der Waals surface area contributed by atoms with Gasteiger partial charge < -0.3 is 14.6 Å². The SMILES string of the molecule is O=C(OCCOc1ccccc1Cl)c1cc(Cl)ccc1O. The summed E-state index contributed by atoms with van der Waals surface area (Å²) in [6.45, 7) is 0.173. The molecule has 0 atom stereocenters. The zero-order valence-electron chi connectivity index (χ0n) is 10.9. The van der Waals surface area contributed by atoms with Gasteiger partial charge in [-0.3, -0.25) is 0 Å². The van der Waals surface area contributed by atoms with Crippen molar-refractivity contribution in [2.24, 2.45) is 0 Å². The molecule has 2 aromatic rings. The quantitative estimate of drug-likeness (QED) is 0.668. The van der Waals surface area contributed by atoms with Gasteiger partial charge in [0, 0.05) is 5.02 Å². The summed E-state index contributed by atoms with van der Waals surface area (Å²) in [7, 11) is 0. The van der Waals surface area contributed by atoms with Crippen LogP contribution in [0.5, 0.6) is 11.5 Å². The Balaban J connectivity index is 1.85. The van der Waals surface area contributed by atoms with Crippen LogP contribution in [-0.4, -0.2) is 24.3 Å². The highest BCUT2D eigenvalue weighted by Gasteiger charge is 2.13. The van der Waals surface area contributed by atoms with Crippen molar-refractivity contribution in [1.29, 1.82) is 0 Å². The average molecular weight is 327 g/mol. The van der Waals surface area contributed by atoms with Crippen LogP contribution in [0.2, 0.25) is 10.0 Å². The topological polar surface area (TPSA) is 55.8 Å². The summed E-state index contributed by atoms with van der Waals surface area (Å²) in [5.41, 5.74) is 0.0141. The molecule has 0 fully saturated rings. The maximum Gasteiger partial charge on any atom is 0.342 e. The number of halogens is 2. The van der Waals surface area contributed by atoms with Gasteiger partial charge >= 0.3 is 5.97 Å². The van der Waals surface area contributed by atoms with Crippen molar-refractivity contribution >= 4 is 29.2 Å². The Morgan fingerprint density at radius 2 is 1.86 bits per heavy atom. The van der Waals surface area contributed by atoms with E-state index in [2.05, 4.69) is 0 Å². The zero-order chi connectivity index (χ0) is 15.2. The molecule has 0 spiro atoms. The fraction of sp³-hybridized carbons (Fsp3) is 0.133. The van der Waals surface area contributed by atoms with Crippen molar-refractivity contribution in [1.82, 2.24) is 0 Å². The highest BCUT2D eigenvalue weighted by molar-refractivity contribution is 6.32. The van der Waals surface area contributed by atoms with Crippen LogP contribution in [0, 0.1) is 0 Å². The van der Waals surface area contributed by atoms with Crippen molar-refractivity contribution in [3.05, 3.63) is 58.1 Å². The van der Waals surface area contributed by atoms with Gasteiger partial charge in [0.25, 0.3) is 0 Å². The molecule has 0 bridgehead atoms. The number of rotatable bonds is 5. The molecule has 0 aliphatic heterocycles. The summed E-state index contributed by atoms with van der Waals surface area (Å²) in [6.07, 6.45) is 0. The Morgan fingerprint density at radius 1 is 1.10 bits per heavy atom. The molecule has 0 aliphatic rings. The molecule has 0 unspecified atom stereocenters. The standard InChI is InChI=1S/C15H12Cl2O4/c16-10-5-6-13(18)11(9-10)15(19)21-8-7-20-14-4-2-1-3-12(14)17/h1-6,9,18H,7-8H2. The van der Waals surface area contributed by atoms with Crippen molar-refractivity contribution in [3.8, 4) is 11.5 Å². The molecular weight excluding hydrogens is 315 g/mol. The number of carbonyl (C=O) groups is 1. The van der Waals surface area contributed by atoms with Crippen LogP contribution in [0.15, 0.2) is 42.5 Å². The molecule has 110 valence electrons. The predicted molar refractivity (Wildman–Crippen MR) is 80.3 cm³/mol. The third-order valence-electron chi connectivity index (χ3n) is 2.59. The monoisotopic (exact) mass is 326 g/mol. The number of hydrogen-bond donors (Lipinski definition) is 1. The lowest BCUT2D eigenvalue weighted by Gasteiger charge is -2.09. The van der Waals surface area contributed by atoms with Crippen LogP contribution in [0.4, 0.5) is 0 Å². The van der Waals surface area contributed by atoms with Gasteiger partial charge in [0.15, 0.2) is 0 Å². The average Bonchev–Trinajstić information content (AvgIpc) is 2.47. The molecule has 0 saturated heterocycles. The van der Waals surface area contributed by atoms with Gasteiger partial charge in [0.05, 0.1) is 5.02 Å². The van der Waals surface area contributed by atoms with E-state index in [-0.39, 0.29) is 24.5 Å². The Labute approximate surface area is 131 Å². The highest BCUT2D eigenvalue weighted by Crippen LogP contribution is 2.23. The maximum absolute atomic E-state index is 11.8. The third-order valence-corrected chi connectivity index (χ3v) is 3.14. The van der Waals surface area contributed by atoms with Gasteiger partial charge in [-0.15, -0.1) is 0 Å². The summed E-state index contributed by atoms with van der Waals surface area (Å²) < 4.78 is 10.4. The first kappa shape index (κ1) is 15.5. The van der Waals surface area contributed by atoms with E-state index in [9.17, 15) is 9.90 Å². The minimum atomic E-state index is -0.669. The lowest BCUT2D eigenvalue weighted by atomic mass is 10.2. The number of ether oxygens (including phenoxy) is 2. The molecule has 21 heavy (non-hydrogen) atoms. The molecule has 0 heterocycles. The second-order valence-corrected chi connectivity index (χ2v) is 4.92. The van der Waals surface area contributed by atoms with E-state index in [4.69, 9.17) is 32.7 Å². The van der Waals surface area contributed by atoms with Crippen LogP contribution in [0.25, 0.3) is 0 Å². The Hall–Kier alpha value is -1.91. The van der Waals surface area contributed by atoms with Crippen molar-refractivity contribution in [3.63, 3.8) is 0 Å². The zero-order valence-corrected chi connectivity index (χ0v) is 12.4. The number of phenolic OH excluding ortho intramolecular Hbond substituents is 1. The van der Waals surface area contributed by atoms with Gasteiger partial charge in [0.2, 0.25) is 0 Å². The van der Waals surface area contributed by atoms with Crippen LogP contribution in [-0.2, 0) is 4.74 Å². The van der Waals surface area contributed by atoms with Crippen molar-refractivity contribution in [2.45, 2.75) is 0 Å². The number of carbonyl (C=O) groups excluding carboxylic acids is 1. The summed E-state index contributed by atoms with van der Waals surface area (Å²) in [4.78, 5) is 11.8. The Morgan fingerprint density at radius 3 is 2.62 bits per heavy atom. The van der Waals surface area contributed by atoms with Gasteiger partial charge in [-0.1, -0.05) is 35.3 Å². The summed E-state index contributed by atoms with van der Waals surface area (Å²) >= 11 is 11.7. The molecule has 4 nitrogen and oxygen atoms in total. The Kier molecular flexibility index (Phi) is 5.31. The minimum Gasteiger partial charge on any atom is -0.507 e. The molecule has 2 aromatic carbocycles. The van der Waals surface area contributed by atoms with Crippen molar-refractivity contribution < 1.29 is 19.4 Å². The summed E-state index contributed by atoms with van der Waals surface area (Å²) in [5, 5.41) is 10.4. The summed E-state index contributed by atoms with van der Waals surface area (Å²) in [5.74, 6) is -0.338. The molecule has 6 heteroatoms. The molecule has 2 rings (SSSR count). The third kappa shape index (κ3) is 4.28. The molecule has 0 amide bonds. The lowest BCUT2D eigenvalue weighted by molar-refractivity contribution is 0.0447. The molecular formula is C15H12Cl2O4. The molecule has 0 saturated carbocycles. The second kappa shape index (κ2) is 7.20. The first-order valence-electron chi connectivity index (χ1n) is 6.11. The van der Waals surface area contributed by atoms with Crippen LogP contribution in [0.3, 0.4) is 0 Å². The normalized spacial score (nSPS) is 10.2.